The van der Waals surface area contributed by atoms with Crippen molar-refractivity contribution in [3.05, 3.63) is 29.3 Å². The van der Waals surface area contributed by atoms with E-state index in [4.69, 9.17) is 15.2 Å². The number of carbonyl (C=O) groups excluding carboxylic acids is 2. The van der Waals surface area contributed by atoms with Gasteiger partial charge in [0.15, 0.2) is 0 Å². The van der Waals surface area contributed by atoms with Crippen molar-refractivity contribution in [3.8, 4) is 5.75 Å². The maximum Gasteiger partial charge on any atom is 0.255 e. The molecular weight excluding hydrogens is 272 g/mol. The number of imide groups is 1. The molecule has 1 aromatic carbocycles. The molecule has 0 spiro atoms. The second kappa shape index (κ2) is 6.69. The Morgan fingerprint density at radius 1 is 1.33 bits per heavy atom. The van der Waals surface area contributed by atoms with Crippen LogP contribution >= 0.6 is 0 Å². The standard InChI is InChI=1S/C15H20N2O4/c1-3-21-13-5-4-11(10(2)16)6-12(13)7-17-14(18)8-20-9-15(17)19/h4-6,10H,3,7-9,16H2,1-2H3. The normalized spacial score (nSPS) is 17.0. The fourth-order valence-electron chi connectivity index (χ4n) is 2.17. The summed E-state index contributed by atoms with van der Waals surface area (Å²) >= 11 is 0. The first-order valence-corrected chi connectivity index (χ1v) is 6.95. The zero-order chi connectivity index (χ0) is 15.4. The summed E-state index contributed by atoms with van der Waals surface area (Å²) in [5, 5.41) is 0. The summed E-state index contributed by atoms with van der Waals surface area (Å²) in [6.45, 7) is 4.32. The molecule has 2 N–H and O–H groups in total. The lowest BCUT2D eigenvalue weighted by Crippen LogP contribution is -2.45. The number of nitrogens with two attached hydrogens (primary N) is 1. The lowest BCUT2D eigenvalue weighted by molar-refractivity contribution is -0.159. The van der Waals surface area contributed by atoms with E-state index in [9.17, 15) is 9.59 Å². The SMILES string of the molecule is CCOc1ccc(C(C)N)cc1CN1C(=O)COCC1=O. The largest absolute Gasteiger partial charge is 0.494 e. The number of hydrogen-bond acceptors (Lipinski definition) is 5. The molecule has 1 fully saturated rings. The number of hydrogen-bond donors (Lipinski definition) is 1. The Morgan fingerprint density at radius 2 is 2.00 bits per heavy atom. The van der Waals surface area contributed by atoms with Gasteiger partial charge < -0.3 is 15.2 Å². The zero-order valence-electron chi connectivity index (χ0n) is 12.3. The summed E-state index contributed by atoms with van der Waals surface area (Å²) in [6.07, 6.45) is 0. The Labute approximate surface area is 123 Å². The first-order chi connectivity index (χ1) is 10.0. The number of benzene rings is 1. The van der Waals surface area contributed by atoms with E-state index in [0.29, 0.717) is 12.4 Å². The number of morpholine rings is 1. The van der Waals surface area contributed by atoms with Crippen LogP contribution in [0, 0.1) is 0 Å². The van der Waals surface area contributed by atoms with Crippen molar-refractivity contribution in [2.75, 3.05) is 19.8 Å². The first kappa shape index (κ1) is 15.5. The maximum absolute atomic E-state index is 11.8. The lowest BCUT2D eigenvalue weighted by Gasteiger charge is -2.26. The Bertz CT molecular complexity index is 526. The molecule has 0 aliphatic carbocycles. The molecule has 0 radical (unpaired) electrons. The summed E-state index contributed by atoms with van der Waals surface area (Å²) in [5.41, 5.74) is 7.59. The fraction of sp³-hybridized carbons (Fsp3) is 0.467. The third-order valence-electron chi connectivity index (χ3n) is 3.29. The van der Waals surface area contributed by atoms with Gasteiger partial charge in [-0.15, -0.1) is 0 Å². The molecule has 114 valence electrons. The van der Waals surface area contributed by atoms with Crippen molar-refractivity contribution in [1.29, 1.82) is 0 Å². The van der Waals surface area contributed by atoms with Gasteiger partial charge in [0, 0.05) is 11.6 Å². The highest BCUT2D eigenvalue weighted by molar-refractivity contribution is 5.98. The molecule has 0 saturated carbocycles. The fourth-order valence-corrected chi connectivity index (χ4v) is 2.17. The van der Waals surface area contributed by atoms with Gasteiger partial charge in [-0.25, -0.2) is 0 Å². The number of rotatable bonds is 5. The van der Waals surface area contributed by atoms with Gasteiger partial charge in [0.2, 0.25) is 0 Å². The van der Waals surface area contributed by atoms with Gasteiger partial charge in [0.25, 0.3) is 11.8 Å². The summed E-state index contributed by atoms with van der Waals surface area (Å²) in [4.78, 5) is 24.8. The van der Waals surface area contributed by atoms with Gasteiger partial charge in [-0.2, -0.15) is 0 Å². The second-order valence-corrected chi connectivity index (χ2v) is 4.96. The van der Waals surface area contributed by atoms with Crippen molar-refractivity contribution < 1.29 is 19.1 Å². The summed E-state index contributed by atoms with van der Waals surface area (Å²) < 4.78 is 10.5. The molecule has 1 heterocycles. The number of amides is 2. The minimum absolute atomic E-state index is 0.0668. The number of ether oxygens (including phenoxy) is 2. The highest BCUT2D eigenvalue weighted by Crippen LogP contribution is 2.25. The van der Waals surface area contributed by atoms with Crippen LogP contribution in [0.15, 0.2) is 18.2 Å². The molecule has 1 unspecified atom stereocenters. The highest BCUT2D eigenvalue weighted by Gasteiger charge is 2.27. The van der Waals surface area contributed by atoms with Crippen LogP contribution in [-0.4, -0.2) is 36.5 Å². The molecule has 1 saturated heterocycles. The topological polar surface area (TPSA) is 81.9 Å². The molecule has 6 nitrogen and oxygen atoms in total. The van der Waals surface area contributed by atoms with Crippen LogP contribution in [0.25, 0.3) is 0 Å². The van der Waals surface area contributed by atoms with Gasteiger partial charge in [-0.1, -0.05) is 6.07 Å². The molecule has 1 atom stereocenters. The zero-order valence-corrected chi connectivity index (χ0v) is 12.3. The van der Waals surface area contributed by atoms with Crippen LogP contribution in [0.2, 0.25) is 0 Å². The Morgan fingerprint density at radius 3 is 2.57 bits per heavy atom. The van der Waals surface area contributed by atoms with Gasteiger partial charge in [0.05, 0.1) is 13.2 Å². The van der Waals surface area contributed by atoms with E-state index in [-0.39, 0.29) is 37.6 Å². The predicted molar refractivity (Wildman–Crippen MR) is 76.6 cm³/mol. The molecule has 0 bridgehead atoms. The third-order valence-corrected chi connectivity index (χ3v) is 3.29. The van der Waals surface area contributed by atoms with E-state index >= 15 is 0 Å². The van der Waals surface area contributed by atoms with Crippen molar-refractivity contribution in [1.82, 2.24) is 4.90 Å². The Kier molecular flexibility index (Phi) is 4.93. The van der Waals surface area contributed by atoms with Crippen molar-refractivity contribution in [2.45, 2.75) is 26.4 Å². The van der Waals surface area contributed by atoms with Gasteiger partial charge in [0.1, 0.15) is 19.0 Å². The molecule has 6 heteroatoms. The Hall–Kier alpha value is -1.92. The van der Waals surface area contributed by atoms with Crippen molar-refractivity contribution in [2.24, 2.45) is 5.73 Å². The Balaban J connectivity index is 2.29. The summed E-state index contributed by atoms with van der Waals surface area (Å²) in [7, 11) is 0. The van der Waals surface area contributed by atoms with E-state index in [0.717, 1.165) is 11.1 Å². The van der Waals surface area contributed by atoms with E-state index in [2.05, 4.69) is 0 Å². The lowest BCUT2D eigenvalue weighted by atomic mass is 10.0. The van der Waals surface area contributed by atoms with Crippen LogP contribution in [0.5, 0.6) is 5.75 Å². The van der Waals surface area contributed by atoms with Crippen LogP contribution in [-0.2, 0) is 20.9 Å². The monoisotopic (exact) mass is 292 g/mol. The number of nitrogens with zero attached hydrogens (tertiary/aromatic N) is 1. The molecular formula is C15H20N2O4. The molecule has 21 heavy (non-hydrogen) atoms. The molecule has 1 aliphatic heterocycles. The van der Waals surface area contributed by atoms with E-state index < -0.39 is 0 Å². The predicted octanol–water partition coefficient (Wildman–Crippen LogP) is 0.990. The molecule has 1 aromatic rings. The average Bonchev–Trinajstić information content (AvgIpc) is 2.44. The van der Waals surface area contributed by atoms with E-state index in [1.54, 1.807) is 0 Å². The first-order valence-electron chi connectivity index (χ1n) is 6.95. The molecule has 0 aromatic heterocycles. The van der Waals surface area contributed by atoms with E-state index in [1.807, 2.05) is 32.0 Å². The van der Waals surface area contributed by atoms with Gasteiger partial charge in [-0.3, -0.25) is 14.5 Å². The molecule has 1 aliphatic rings. The number of carbonyl (C=O) groups is 2. The van der Waals surface area contributed by atoms with Gasteiger partial charge >= 0.3 is 0 Å². The van der Waals surface area contributed by atoms with Gasteiger partial charge in [-0.05, 0) is 31.5 Å². The van der Waals surface area contributed by atoms with Crippen LogP contribution < -0.4 is 10.5 Å². The quantitative estimate of drug-likeness (QED) is 0.818. The molecule has 2 rings (SSSR count). The summed E-state index contributed by atoms with van der Waals surface area (Å²) in [5.74, 6) is -0.00575. The van der Waals surface area contributed by atoms with E-state index in [1.165, 1.54) is 4.90 Å². The minimum Gasteiger partial charge on any atom is -0.494 e. The van der Waals surface area contributed by atoms with Crippen molar-refractivity contribution >= 4 is 11.8 Å². The minimum atomic E-state index is -0.333. The smallest absolute Gasteiger partial charge is 0.255 e. The maximum atomic E-state index is 11.8. The third kappa shape index (κ3) is 3.59. The molecule has 2 amide bonds. The van der Waals surface area contributed by atoms with Crippen LogP contribution in [0.4, 0.5) is 0 Å². The summed E-state index contributed by atoms with van der Waals surface area (Å²) in [6, 6.07) is 5.47. The van der Waals surface area contributed by atoms with Crippen LogP contribution in [0.3, 0.4) is 0 Å². The highest BCUT2D eigenvalue weighted by atomic mass is 16.5. The van der Waals surface area contributed by atoms with Crippen LogP contribution in [0.1, 0.15) is 31.0 Å². The second-order valence-electron chi connectivity index (χ2n) is 4.96. The average molecular weight is 292 g/mol. The van der Waals surface area contributed by atoms with Crippen molar-refractivity contribution in [3.63, 3.8) is 0 Å².